The zero-order valence-electron chi connectivity index (χ0n) is 8.10. The number of halogens is 2. The van der Waals surface area contributed by atoms with Crippen LogP contribution in [0.2, 0.25) is 10.2 Å². The smallest absolute Gasteiger partial charge is 0.255 e. The van der Waals surface area contributed by atoms with Crippen LogP contribution in [0, 0.1) is 0 Å². The highest BCUT2D eigenvalue weighted by Crippen LogP contribution is 2.13. The van der Waals surface area contributed by atoms with Crippen LogP contribution in [0.5, 0.6) is 0 Å². The molecule has 0 radical (unpaired) electrons. The summed E-state index contributed by atoms with van der Waals surface area (Å²) in [4.78, 5) is 19.2. The first-order chi connectivity index (χ1) is 7.66. The van der Waals surface area contributed by atoms with Crippen LogP contribution in [-0.4, -0.2) is 14.5 Å². The Bertz CT molecular complexity index is 568. The molecule has 16 heavy (non-hydrogen) atoms. The summed E-state index contributed by atoms with van der Waals surface area (Å²) in [5.74, 6) is 0. The zero-order chi connectivity index (χ0) is 11.5. The van der Waals surface area contributed by atoms with Crippen molar-refractivity contribution in [2.24, 2.45) is 0 Å². The van der Waals surface area contributed by atoms with E-state index in [2.05, 4.69) is 9.97 Å². The molecule has 2 aromatic heterocycles. The number of rotatable bonds is 2. The molecule has 82 valence electrons. The van der Waals surface area contributed by atoms with Gasteiger partial charge in [0.15, 0.2) is 0 Å². The Labute approximate surface area is 101 Å². The number of hydrogen-bond donors (Lipinski definition) is 0. The standard InChI is InChI=1S/C10H7Cl2N3O/c11-8-4-13-2-1-7(8)5-15-6-14-9(12)3-10(15)16/h1-4,6H,5H2. The van der Waals surface area contributed by atoms with Gasteiger partial charge in [0, 0.05) is 18.5 Å². The van der Waals surface area contributed by atoms with Crippen LogP contribution < -0.4 is 5.56 Å². The number of pyridine rings is 1. The third-order valence-electron chi connectivity index (χ3n) is 2.04. The molecule has 0 aliphatic carbocycles. The van der Waals surface area contributed by atoms with Gasteiger partial charge in [0.1, 0.15) is 5.15 Å². The fourth-order valence-electron chi connectivity index (χ4n) is 1.24. The molecule has 0 N–H and O–H groups in total. The summed E-state index contributed by atoms with van der Waals surface area (Å²) in [5.41, 5.74) is 0.593. The Kier molecular flexibility index (Phi) is 3.22. The van der Waals surface area contributed by atoms with Gasteiger partial charge in [-0.2, -0.15) is 0 Å². The molecule has 2 aromatic rings. The minimum atomic E-state index is -0.215. The zero-order valence-corrected chi connectivity index (χ0v) is 9.61. The first-order valence-corrected chi connectivity index (χ1v) is 5.23. The Morgan fingerprint density at radius 1 is 1.38 bits per heavy atom. The molecule has 0 bridgehead atoms. The molecule has 0 unspecified atom stereocenters. The Balaban J connectivity index is 2.35. The van der Waals surface area contributed by atoms with Crippen LogP contribution in [0.25, 0.3) is 0 Å². The summed E-state index contributed by atoms with van der Waals surface area (Å²) in [6.45, 7) is 0.352. The van der Waals surface area contributed by atoms with Crippen LogP contribution >= 0.6 is 23.2 Å². The molecule has 0 fully saturated rings. The number of aromatic nitrogens is 3. The SMILES string of the molecule is O=c1cc(Cl)ncn1Cc1ccncc1Cl. The van der Waals surface area contributed by atoms with E-state index in [1.54, 1.807) is 12.3 Å². The lowest BCUT2D eigenvalue weighted by Crippen LogP contribution is -2.20. The predicted octanol–water partition coefficient (Wildman–Crippen LogP) is 1.99. The van der Waals surface area contributed by atoms with E-state index in [1.165, 1.54) is 23.2 Å². The second-order valence-electron chi connectivity index (χ2n) is 3.14. The van der Waals surface area contributed by atoms with Crippen LogP contribution in [0.1, 0.15) is 5.56 Å². The van der Waals surface area contributed by atoms with Gasteiger partial charge in [-0.15, -0.1) is 0 Å². The van der Waals surface area contributed by atoms with Crippen molar-refractivity contribution in [3.05, 3.63) is 56.9 Å². The predicted molar refractivity (Wildman–Crippen MR) is 61.9 cm³/mol. The maximum atomic E-state index is 11.5. The monoisotopic (exact) mass is 255 g/mol. The van der Waals surface area contributed by atoms with Crippen molar-refractivity contribution in [3.63, 3.8) is 0 Å². The minimum Gasteiger partial charge on any atom is -0.295 e. The summed E-state index contributed by atoms with van der Waals surface area (Å²) in [6, 6.07) is 3.01. The molecule has 2 heterocycles. The van der Waals surface area contributed by atoms with E-state index in [4.69, 9.17) is 23.2 Å². The molecular weight excluding hydrogens is 249 g/mol. The lowest BCUT2D eigenvalue weighted by Gasteiger charge is -2.05. The first-order valence-electron chi connectivity index (χ1n) is 4.47. The summed E-state index contributed by atoms with van der Waals surface area (Å²) in [6.07, 6.45) is 4.54. The molecule has 2 rings (SSSR count). The maximum absolute atomic E-state index is 11.5. The van der Waals surface area contributed by atoms with Gasteiger partial charge in [0.05, 0.1) is 17.9 Å². The molecule has 0 aliphatic heterocycles. The van der Waals surface area contributed by atoms with E-state index in [0.717, 1.165) is 5.56 Å². The largest absolute Gasteiger partial charge is 0.295 e. The fourth-order valence-corrected chi connectivity index (χ4v) is 1.55. The van der Waals surface area contributed by atoms with E-state index < -0.39 is 0 Å². The average Bonchev–Trinajstić information content (AvgIpc) is 2.25. The highest BCUT2D eigenvalue weighted by atomic mass is 35.5. The second-order valence-corrected chi connectivity index (χ2v) is 3.94. The van der Waals surface area contributed by atoms with Gasteiger partial charge in [-0.1, -0.05) is 23.2 Å². The van der Waals surface area contributed by atoms with E-state index in [-0.39, 0.29) is 10.7 Å². The average molecular weight is 256 g/mol. The molecule has 0 atom stereocenters. The maximum Gasteiger partial charge on any atom is 0.255 e. The van der Waals surface area contributed by atoms with Crippen molar-refractivity contribution in [2.75, 3.05) is 0 Å². The van der Waals surface area contributed by atoms with Crippen molar-refractivity contribution < 1.29 is 0 Å². The van der Waals surface area contributed by atoms with E-state index in [9.17, 15) is 4.79 Å². The summed E-state index contributed by atoms with van der Waals surface area (Å²) in [5, 5.41) is 0.700. The van der Waals surface area contributed by atoms with E-state index in [1.807, 2.05) is 0 Å². The van der Waals surface area contributed by atoms with Crippen molar-refractivity contribution in [3.8, 4) is 0 Å². The highest BCUT2D eigenvalue weighted by molar-refractivity contribution is 6.31. The van der Waals surface area contributed by atoms with Gasteiger partial charge in [0.25, 0.3) is 5.56 Å². The van der Waals surface area contributed by atoms with Crippen LogP contribution in [0.15, 0.2) is 35.6 Å². The molecule has 0 aliphatic rings. The second kappa shape index (κ2) is 4.63. The molecule has 0 amide bonds. The van der Waals surface area contributed by atoms with Gasteiger partial charge in [-0.3, -0.25) is 14.3 Å². The van der Waals surface area contributed by atoms with Crippen LogP contribution in [0.3, 0.4) is 0 Å². The summed E-state index contributed by atoms with van der Waals surface area (Å²) < 4.78 is 1.42. The van der Waals surface area contributed by atoms with Gasteiger partial charge in [-0.05, 0) is 11.6 Å². The first kappa shape index (κ1) is 11.1. The molecule has 0 spiro atoms. The fraction of sp³-hybridized carbons (Fsp3) is 0.100. The Morgan fingerprint density at radius 3 is 2.88 bits per heavy atom. The highest BCUT2D eigenvalue weighted by Gasteiger charge is 2.03. The minimum absolute atomic E-state index is 0.182. The summed E-state index contributed by atoms with van der Waals surface area (Å²) in [7, 11) is 0. The van der Waals surface area contributed by atoms with Gasteiger partial charge < -0.3 is 0 Å². The van der Waals surface area contributed by atoms with Crippen molar-refractivity contribution in [2.45, 2.75) is 6.54 Å². The molecule has 0 saturated carbocycles. The lowest BCUT2D eigenvalue weighted by molar-refractivity contribution is 0.735. The molecule has 0 saturated heterocycles. The number of nitrogens with zero attached hydrogens (tertiary/aromatic N) is 3. The Hall–Kier alpha value is -1.39. The van der Waals surface area contributed by atoms with Gasteiger partial charge in [-0.25, -0.2) is 4.98 Å². The van der Waals surface area contributed by atoms with Crippen molar-refractivity contribution in [1.82, 2.24) is 14.5 Å². The molecule has 4 nitrogen and oxygen atoms in total. The van der Waals surface area contributed by atoms with Crippen molar-refractivity contribution in [1.29, 1.82) is 0 Å². The Morgan fingerprint density at radius 2 is 2.19 bits per heavy atom. The van der Waals surface area contributed by atoms with Gasteiger partial charge in [0.2, 0.25) is 0 Å². The van der Waals surface area contributed by atoms with Crippen molar-refractivity contribution >= 4 is 23.2 Å². The quantitative estimate of drug-likeness (QED) is 0.772. The molecule has 0 aromatic carbocycles. The van der Waals surface area contributed by atoms with Crippen LogP contribution in [-0.2, 0) is 6.54 Å². The van der Waals surface area contributed by atoms with Gasteiger partial charge >= 0.3 is 0 Å². The van der Waals surface area contributed by atoms with Crippen LogP contribution in [0.4, 0.5) is 0 Å². The molecular formula is C10H7Cl2N3O. The number of hydrogen-bond acceptors (Lipinski definition) is 3. The summed E-state index contributed by atoms with van der Waals surface area (Å²) >= 11 is 11.5. The van der Waals surface area contributed by atoms with E-state index in [0.29, 0.717) is 11.6 Å². The lowest BCUT2D eigenvalue weighted by atomic mass is 10.2. The third kappa shape index (κ3) is 2.40. The topological polar surface area (TPSA) is 47.8 Å². The normalized spacial score (nSPS) is 10.4. The van der Waals surface area contributed by atoms with E-state index >= 15 is 0 Å². The third-order valence-corrected chi connectivity index (χ3v) is 2.59. The molecule has 6 heteroatoms.